The Morgan fingerprint density at radius 2 is 1.68 bits per heavy atom. The molecule has 3 aromatic rings. The van der Waals surface area contributed by atoms with Crippen LogP contribution in [0, 0.1) is 26.6 Å². The second-order valence-corrected chi connectivity index (χ2v) is 13.3. The fraction of sp³-hybridized carbons (Fsp3) is 0.387. The van der Waals surface area contributed by atoms with Crippen LogP contribution in [-0.4, -0.2) is 49.0 Å². The maximum Gasteiger partial charge on any atom is 0.303 e. The molecule has 1 aliphatic heterocycles. The molecule has 1 heterocycles. The van der Waals surface area contributed by atoms with E-state index in [1.54, 1.807) is 12.1 Å². The molecule has 0 unspecified atom stereocenters. The van der Waals surface area contributed by atoms with Gasteiger partial charge in [0.2, 0.25) is 0 Å². The van der Waals surface area contributed by atoms with E-state index < -0.39 is 28.0 Å². The molecule has 7 nitrogen and oxygen atoms in total. The van der Waals surface area contributed by atoms with Crippen LogP contribution >= 0.6 is 10.6 Å². The minimum atomic E-state index is -2.58. The summed E-state index contributed by atoms with van der Waals surface area (Å²) < 4.78 is 40.1. The summed E-state index contributed by atoms with van der Waals surface area (Å²) in [6, 6.07) is 14.9. The van der Waals surface area contributed by atoms with E-state index in [4.69, 9.17) is 9.84 Å². The van der Waals surface area contributed by atoms with E-state index in [2.05, 4.69) is 24.4 Å². The molecule has 40 heavy (non-hydrogen) atoms. The summed E-state index contributed by atoms with van der Waals surface area (Å²) in [5.41, 5.74) is 6.35. The van der Waals surface area contributed by atoms with Crippen LogP contribution < -0.4 is 10.1 Å². The Labute approximate surface area is 236 Å². The average molecular weight is 572 g/mol. The van der Waals surface area contributed by atoms with Gasteiger partial charge in [0.1, 0.15) is 23.8 Å². The van der Waals surface area contributed by atoms with Crippen molar-refractivity contribution in [3.05, 3.63) is 82.2 Å². The van der Waals surface area contributed by atoms with E-state index in [-0.39, 0.29) is 31.0 Å². The molecule has 216 valence electrons. The minimum Gasteiger partial charge on any atom is -0.491 e. The normalized spacial score (nSPS) is 16.8. The van der Waals surface area contributed by atoms with E-state index in [1.165, 1.54) is 6.07 Å². The van der Waals surface area contributed by atoms with E-state index in [1.807, 2.05) is 32.0 Å². The van der Waals surface area contributed by atoms with Crippen LogP contribution in [0.2, 0.25) is 0 Å². The van der Waals surface area contributed by atoms with Crippen LogP contribution in [0.5, 0.6) is 5.75 Å². The number of nitrogens with one attached hydrogen (secondary N) is 1. The van der Waals surface area contributed by atoms with Crippen LogP contribution in [0.15, 0.2) is 48.5 Å². The van der Waals surface area contributed by atoms with Gasteiger partial charge in [-0.2, -0.15) is 10.6 Å². The number of aliphatic hydroxyl groups is 1. The lowest BCUT2D eigenvalue weighted by Gasteiger charge is -2.43. The highest BCUT2D eigenvalue weighted by molar-refractivity contribution is 8.24. The van der Waals surface area contributed by atoms with Gasteiger partial charge in [-0.05, 0) is 109 Å². The number of carboxylic acids is 1. The Kier molecular flexibility index (Phi) is 9.09. The van der Waals surface area contributed by atoms with Crippen LogP contribution in [-0.2, 0) is 17.8 Å². The fourth-order valence-electron chi connectivity index (χ4n) is 5.08. The first-order chi connectivity index (χ1) is 18.8. The summed E-state index contributed by atoms with van der Waals surface area (Å²) in [7, 11) is -2.58. The zero-order valence-corrected chi connectivity index (χ0v) is 24.0. The SMILES string of the molecule is Cc1ccc(CNc2ccc(CCC(=O)O)c(F)c2)cc1-c1c(C)cc(OCC2(O)CCS(O)(O)CC2)cc1C. The molecule has 0 spiro atoms. The van der Waals surface area contributed by atoms with E-state index in [0.717, 1.165) is 33.4 Å². The van der Waals surface area contributed by atoms with Crippen LogP contribution in [0.3, 0.4) is 0 Å². The number of carboxylic acid groups (broad SMARTS) is 1. The summed E-state index contributed by atoms with van der Waals surface area (Å²) in [6.45, 7) is 6.70. The first-order valence-electron chi connectivity index (χ1n) is 13.4. The standard InChI is InChI=1S/C31H38FNO6S/c1-20-4-5-23(18-33-25-8-6-24(28(32)17-25)7-9-29(34)35)16-27(20)30-21(2)14-26(15-22(30)3)39-19-31(36)10-12-40(37,38)13-11-31/h4-6,8,14-17,33,36-38H,7,9-13,18-19H2,1-3H3,(H,34,35). The minimum absolute atomic E-state index is 0.0993. The number of aliphatic carboxylic acids is 1. The topological polar surface area (TPSA) is 119 Å². The fourth-order valence-corrected chi connectivity index (χ4v) is 6.70. The lowest BCUT2D eigenvalue weighted by molar-refractivity contribution is -0.136. The predicted octanol–water partition coefficient (Wildman–Crippen LogP) is 6.70. The quantitative estimate of drug-likeness (QED) is 0.184. The number of anilines is 1. The molecule has 0 bridgehead atoms. The first-order valence-corrected chi connectivity index (χ1v) is 15.3. The number of carbonyl (C=O) groups is 1. The Balaban J connectivity index is 1.45. The largest absolute Gasteiger partial charge is 0.491 e. The number of hydrogen-bond acceptors (Lipinski definition) is 6. The summed E-state index contributed by atoms with van der Waals surface area (Å²) in [4.78, 5) is 10.8. The van der Waals surface area contributed by atoms with E-state index in [0.29, 0.717) is 36.4 Å². The molecule has 0 aromatic heterocycles. The molecule has 1 fully saturated rings. The maximum atomic E-state index is 14.4. The Morgan fingerprint density at radius 1 is 1.00 bits per heavy atom. The van der Waals surface area contributed by atoms with Crippen molar-refractivity contribution in [1.29, 1.82) is 0 Å². The van der Waals surface area contributed by atoms with Gasteiger partial charge in [-0.25, -0.2) is 4.39 Å². The number of ether oxygens (including phenoxy) is 1. The molecule has 3 aromatic carbocycles. The highest BCUT2D eigenvalue weighted by atomic mass is 32.3. The number of aryl methyl sites for hydroxylation is 4. The van der Waals surface area contributed by atoms with Gasteiger partial charge in [0.15, 0.2) is 0 Å². The number of halogens is 1. The maximum absolute atomic E-state index is 14.4. The Morgan fingerprint density at radius 3 is 2.30 bits per heavy atom. The monoisotopic (exact) mass is 571 g/mol. The third kappa shape index (κ3) is 7.54. The first kappa shape index (κ1) is 29.9. The summed E-state index contributed by atoms with van der Waals surface area (Å²) >= 11 is 0. The van der Waals surface area contributed by atoms with Crippen molar-refractivity contribution in [3.63, 3.8) is 0 Å². The lowest BCUT2D eigenvalue weighted by atomic mass is 9.91. The highest BCUT2D eigenvalue weighted by Crippen LogP contribution is 2.47. The van der Waals surface area contributed by atoms with Gasteiger partial charge in [-0.15, -0.1) is 0 Å². The van der Waals surface area contributed by atoms with E-state index >= 15 is 0 Å². The third-order valence-electron chi connectivity index (χ3n) is 7.53. The summed E-state index contributed by atoms with van der Waals surface area (Å²) in [5.74, 6) is -0.321. The average Bonchev–Trinajstić information content (AvgIpc) is 2.89. The van der Waals surface area contributed by atoms with E-state index in [9.17, 15) is 23.4 Å². The zero-order valence-electron chi connectivity index (χ0n) is 23.2. The Hall–Kier alpha value is -3.11. The van der Waals surface area contributed by atoms with Gasteiger partial charge in [0, 0.05) is 30.2 Å². The molecule has 0 saturated carbocycles. The summed E-state index contributed by atoms with van der Waals surface area (Å²) in [5, 5.41) is 22.9. The summed E-state index contributed by atoms with van der Waals surface area (Å²) in [6.07, 6.45) is 0.640. The second kappa shape index (κ2) is 12.2. The molecule has 4 rings (SSSR count). The van der Waals surface area contributed by atoms with Crippen molar-refractivity contribution < 1.29 is 33.2 Å². The van der Waals surface area contributed by atoms with Gasteiger partial charge in [0.25, 0.3) is 0 Å². The van der Waals surface area contributed by atoms with Crippen molar-refractivity contribution in [2.24, 2.45) is 0 Å². The molecule has 0 aliphatic carbocycles. The Bertz CT molecular complexity index is 1360. The third-order valence-corrected chi connectivity index (χ3v) is 9.25. The molecule has 0 radical (unpaired) electrons. The van der Waals surface area contributed by atoms with Gasteiger partial charge in [0.05, 0.1) is 0 Å². The van der Waals surface area contributed by atoms with Crippen molar-refractivity contribution in [1.82, 2.24) is 0 Å². The number of benzene rings is 3. The van der Waals surface area contributed by atoms with Gasteiger partial charge in [-0.1, -0.05) is 18.2 Å². The molecule has 0 amide bonds. The van der Waals surface area contributed by atoms with Crippen molar-refractivity contribution in [3.8, 4) is 16.9 Å². The molecule has 5 N–H and O–H groups in total. The van der Waals surface area contributed by atoms with Crippen molar-refractivity contribution in [2.45, 2.75) is 58.6 Å². The van der Waals surface area contributed by atoms with Crippen LogP contribution in [0.1, 0.15) is 47.1 Å². The predicted molar refractivity (Wildman–Crippen MR) is 158 cm³/mol. The van der Waals surface area contributed by atoms with Crippen molar-refractivity contribution in [2.75, 3.05) is 23.4 Å². The number of hydrogen-bond donors (Lipinski definition) is 5. The lowest BCUT2D eigenvalue weighted by Crippen LogP contribution is -2.42. The molecular weight excluding hydrogens is 533 g/mol. The smallest absolute Gasteiger partial charge is 0.303 e. The molecular formula is C31H38FNO6S. The van der Waals surface area contributed by atoms with Gasteiger partial charge in [-0.3, -0.25) is 13.9 Å². The van der Waals surface area contributed by atoms with Crippen LogP contribution in [0.4, 0.5) is 10.1 Å². The van der Waals surface area contributed by atoms with Crippen LogP contribution in [0.25, 0.3) is 11.1 Å². The zero-order chi connectivity index (χ0) is 29.1. The second-order valence-electron chi connectivity index (χ2n) is 10.9. The van der Waals surface area contributed by atoms with Gasteiger partial charge >= 0.3 is 5.97 Å². The molecule has 1 saturated heterocycles. The van der Waals surface area contributed by atoms with Gasteiger partial charge < -0.3 is 20.3 Å². The van der Waals surface area contributed by atoms with Crippen molar-refractivity contribution >= 4 is 22.2 Å². The molecule has 0 atom stereocenters. The molecule has 9 heteroatoms. The highest BCUT2D eigenvalue weighted by Gasteiger charge is 2.36. The molecule has 1 aliphatic rings. The number of rotatable bonds is 10.